The van der Waals surface area contributed by atoms with Gasteiger partial charge in [-0.3, -0.25) is 0 Å². The van der Waals surface area contributed by atoms with Gasteiger partial charge in [-0.05, 0) is 72.8 Å². The molecule has 2 spiro atoms. The molecule has 0 saturated heterocycles. The Bertz CT molecular complexity index is 1900. The Morgan fingerprint density at radius 3 is 1.13 bits per heavy atom. The quantitative estimate of drug-likeness (QED) is 0.174. The molecule has 39 heavy (non-hydrogen) atoms. The highest BCUT2D eigenvalue weighted by molar-refractivity contribution is 9.10. The zero-order valence-corrected chi connectivity index (χ0v) is 22.7. The molecule has 0 atom stereocenters. The van der Waals surface area contributed by atoms with Gasteiger partial charge in [0.2, 0.25) is 0 Å². The molecule has 0 radical (unpaired) electrons. The molecule has 0 aromatic heterocycles. The van der Waals surface area contributed by atoms with Crippen LogP contribution in [0.1, 0.15) is 44.5 Å². The van der Waals surface area contributed by atoms with Gasteiger partial charge in [0.1, 0.15) is 0 Å². The van der Waals surface area contributed by atoms with E-state index in [-0.39, 0.29) is 5.41 Å². The molecule has 6 aromatic carbocycles. The molecule has 1 heteroatoms. The van der Waals surface area contributed by atoms with Gasteiger partial charge in [-0.15, -0.1) is 0 Å². The molecule has 0 bridgehead atoms. The van der Waals surface area contributed by atoms with Crippen molar-refractivity contribution < 1.29 is 0 Å². The van der Waals surface area contributed by atoms with Gasteiger partial charge in [0.05, 0.1) is 10.8 Å². The first-order valence-electron chi connectivity index (χ1n) is 13.6. The van der Waals surface area contributed by atoms with Crippen LogP contribution in [-0.2, 0) is 10.8 Å². The maximum Gasteiger partial charge on any atom is 0.0731 e. The first-order chi connectivity index (χ1) is 19.3. The molecule has 3 aliphatic carbocycles. The minimum absolute atomic E-state index is 0.384. The zero-order chi connectivity index (χ0) is 25.8. The van der Waals surface area contributed by atoms with Crippen LogP contribution in [0.3, 0.4) is 0 Å². The Hall–Kier alpha value is -4.20. The fourth-order valence-electron chi connectivity index (χ4n) is 8.25. The molecule has 0 aliphatic heterocycles. The Morgan fingerprint density at radius 2 is 0.641 bits per heavy atom. The van der Waals surface area contributed by atoms with E-state index in [1.165, 1.54) is 66.8 Å². The van der Waals surface area contributed by atoms with Crippen LogP contribution >= 0.6 is 15.9 Å². The van der Waals surface area contributed by atoms with Crippen molar-refractivity contribution >= 4 is 15.9 Å². The molecule has 0 N–H and O–H groups in total. The molecule has 0 nitrogen and oxygen atoms in total. The van der Waals surface area contributed by atoms with E-state index in [1.54, 1.807) is 0 Å². The Morgan fingerprint density at radius 1 is 0.308 bits per heavy atom. The SMILES string of the molecule is Brc1cccc2c1C1(c3ccccc3-2)c2ccccc2C2(c3ccccc3-c3ccccc32)c2ccccc21. The van der Waals surface area contributed by atoms with Crippen LogP contribution in [0.5, 0.6) is 0 Å². The van der Waals surface area contributed by atoms with Crippen molar-refractivity contribution in [2.75, 3.05) is 0 Å². The summed E-state index contributed by atoms with van der Waals surface area (Å²) in [6.45, 7) is 0. The summed E-state index contributed by atoms with van der Waals surface area (Å²) in [5.74, 6) is 0. The average Bonchev–Trinajstić information content (AvgIpc) is 3.46. The van der Waals surface area contributed by atoms with E-state index in [0.717, 1.165) is 4.47 Å². The topological polar surface area (TPSA) is 0 Å². The van der Waals surface area contributed by atoms with Crippen LogP contribution in [0.25, 0.3) is 22.3 Å². The highest BCUT2D eigenvalue weighted by Gasteiger charge is 2.59. The van der Waals surface area contributed by atoms with E-state index in [9.17, 15) is 0 Å². The second-order valence-electron chi connectivity index (χ2n) is 10.9. The van der Waals surface area contributed by atoms with Crippen LogP contribution in [-0.4, -0.2) is 0 Å². The number of halogens is 1. The molecule has 182 valence electrons. The van der Waals surface area contributed by atoms with Crippen LogP contribution in [0, 0.1) is 0 Å². The van der Waals surface area contributed by atoms with Crippen LogP contribution in [0.15, 0.2) is 144 Å². The lowest BCUT2D eigenvalue weighted by Crippen LogP contribution is -2.43. The molecule has 6 aromatic rings. The third-order valence-electron chi connectivity index (χ3n) is 9.43. The summed E-state index contributed by atoms with van der Waals surface area (Å²) in [5.41, 5.74) is 15.4. The highest BCUT2D eigenvalue weighted by atomic mass is 79.9. The van der Waals surface area contributed by atoms with Crippen molar-refractivity contribution in [1.82, 2.24) is 0 Å². The maximum atomic E-state index is 4.05. The van der Waals surface area contributed by atoms with E-state index >= 15 is 0 Å². The second kappa shape index (κ2) is 7.46. The molecule has 3 aliphatic rings. The minimum Gasteiger partial charge on any atom is -0.0619 e. The van der Waals surface area contributed by atoms with Gasteiger partial charge in [0.15, 0.2) is 0 Å². The van der Waals surface area contributed by atoms with Crippen molar-refractivity contribution in [2.24, 2.45) is 0 Å². The van der Waals surface area contributed by atoms with Gasteiger partial charge < -0.3 is 0 Å². The number of fused-ring (bicyclic) bond motifs is 16. The Kier molecular flexibility index (Phi) is 4.15. The largest absolute Gasteiger partial charge is 0.0731 e. The summed E-state index contributed by atoms with van der Waals surface area (Å²) in [7, 11) is 0. The predicted octanol–water partition coefficient (Wildman–Crippen LogP) is 9.49. The third-order valence-corrected chi connectivity index (χ3v) is 10.1. The van der Waals surface area contributed by atoms with E-state index in [1.807, 2.05) is 0 Å². The zero-order valence-electron chi connectivity index (χ0n) is 21.2. The van der Waals surface area contributed by atoms with Gasteiger partial charge in [0, 0.05) is 4.47 Å². The standard InChI is InChI=1S/C38H23Br/c39-35-23-11-15-27-26-14-3-6-18-30(26)38(36(27)35)33-21-9-7-19-31(33)37(32-20-8-10-22-34(32)38)28-16-4-1-12-24(28)25-13-2-5-17-29(25)37/h1-23H. The van der Waals surface area contributed by atoms with Crippen molar-refractivity contribution in [1.29, 1.82) is 0 Å². The van der Waals surface area contributed by atoms with E-state index in [2.05, 4.69) is 155 Å². The van der Waals surface area contributed by atoms with E-state index in [0.29, 0.717) is 0 Å². The van der Waals surface area contributed by atoms with Crippen molar-refractivity contribution in [3.8, 4) is 22.3 Å². The number of benzene rings is 6. The number of rotatable bonds is 0. The van der Waals surface area contributed by atoms with Crippen molar-refractivity contribution in [2.45, 2.75) is 10.8 Å². The molecule has 0 unspecified atom stereocenters. The first-order valence-corrected chi connectivity index (χ1v) is 14.4. The van der Waals surface area contributed by atoms with Crippen LogP contribution < -0.4 is 0 Å². The molecule has 0 amide bonds. The Labute approximate surface area is 236 Å². The average molecular weight is 560 g/mol. The fourth-order valence-corrected chi connectivity index (χ4v) is 8.91. The van der Waals surface area contributed by atoms with Crippen LogP contribution in [0.4, 0.5) is 0 Å². The summed E-state index contributed by atoms with van der Waals surface area (Å²) in [4.78, 5) is 0. The van der Waals surface area contributed by atoms with Crippen molar-refractivity contribution in [3.05, 3.63) is 189 Å². The maximum absolute atomic E-state index is 4.05. The first kappa shape index (κ1) is 21.7. The summed E-state index contributed by atoms with van der Waals surface area (Å²) in [6, 6.07) is 52.3. The lowest BCUT2D eigenvalue weighted by Gasteiger charge is -2.49. The highest BCUT2D eigenvalue weighted by Crippen LogP contribution is 2.67. The number of hydrogen-bond donors (Lipinski definition) is 0. The van der Waals surface area contributed by atoms with Gasteiger partial charge in [-0.1, -0.05) is 149 Å². The second-order valence-corrected chi connectivity index (χ2v) is 11.7. The van der Waals surface area contributed by atoms with Gasteiger partial charge >= 0.3 is 0 Å². The Balaban J connectivity index is 1.55. The summed E-state index contributed by atoms with van der Waals surface area (Å²) in [5, 5.41) is 0. The summed E-state index contributed by atoms with van der Waals surface area (Å²) in [6.07, 6.45) is 0. The van der Waals surface area contributed by atoms with Gasteiger partial charge in [0.25, 0.3) is 0 Å². The minimum atomic E-state index is -0.420. The lowest BCUT2D eigenvalue weighted by molar-refractivity contribution is 0.631. The van der Waals surface area contributed by atoms with Crippen molar-refractivity contribution in [3.63, 3.8) is 0 Å². The van der Waals surface area contributed by atoms with Crippen LogP contribution in [0.2, 0.25) is 0 Å². The summed E-state index contributed by atoms with van der Waals surface area (Å²) >= 11 is 4.05. The molecule has 0 fully saturated rings. The lowest BCUT2D eigenvalue weighted by atomic mass is 9.52. The third kappa shape index (κ3) is 2.34. The fraction of sp³-hybridized carbons (Fsp3) is 0.0526. The monoisotopic (exact) mass is 558 g/mol. The molecular weight excluding hydrogens is 536 g/mol. The normalized spacial score (nSPS) is 15.7. The molecular formula is C38H23Br. The van der Waals surface area contributed by atoms with E-state index < -0.39 is 5.41 Å². The van der Waals surface area contributed by atoms with E-state index in [4.69, 9.17) is 0 Å². The molecule has 9 rings (SSSR count). The summed E-state index contributed by atoms with van der Waals surface area (Å²) < 4.78 is 1.16. The van der Waals surface area contributed by atoms with Gasteiger partial charge in [-0.25, -0.2) is 0 Å². The molecule has 0 heterocycles. The predicted molar refractivity (Wildman–Crippen MR) is 162 cm³/mol. The number of hydrogen-bond acceptors (Lipinski definition) is 0. The molecule has 0 saturated carbocycles. The smallest absolute Gasteiger partial charge is 0.0619 e. The van der Waals surface area contributed by atoms with Gasteiger partial charge in [-0.2, -0.15) is 0 Å².